The minimum atomic E-state index is -4.67. The van der Waals surface area contributed by atoms with Gasteiger partial charge in [-0.1, -0.05) is 23.2 Å². The summed E-state index contributed by atoms with van der Waals surface area (Å²) in [5.74, 6) is -1.48. The average Bonchev–Trinajstić information content (AvgIpc) is 3.11. The van der Waals surface area contributed by atoms with Gasteiger partial charge in [-0.2, -0.15) is 17.7 Å². The first-order valence-corrected chi connectivity index (χ1v) is 9.78. The Balaban J connectivity index is 1.53. The molecule has 1 N–H and O–H groups in total. The molecule has 7 nitrogen and oxygen atoms in total. The molecule has 1 aromatic carbocycles. The van der Waals surface area contributed by atoms with Crippen LogP contribution < -0.4 is 10.2 Å². The van der Waals surface area contributed by atoms with Gasteiger partial charge in [0.15, 0.2) is 5.65 Å². The molecule has 3 aromatic rings. The standard InChI is InChI=1S/C18H15Cl2F3N6O/c19-11-6-12(20)8-13(7-11)24-16(30)10-2-1-5-28(9-10)15-4-3-14-25-26-17(18(21,22)23)29(14)27-15/h3-4,6-8,10H,1-2,5,9H2,(H,24,30). The number of fused-ring (bicyclic) bond motifs is 1. The summed E-state index contributed by atoms with van der Waals surface area (Å²) in [5, 5.41) is 14.3. The third-order valence-electron chi connectivity index (χ3n) is 4.75. The lowest BCUT2D eigenvalue weighted by Crippen LogP contribution is -2.41. The van der Waals surface area contributed by atoms with Crippen molar-refractivity contribution in [1.29, 1.82) is 0 Å². The van der Waals surface area contributed by atoms with Crippen molar-refractivity contribution < 1.29 is 18.0 Å². The van der Waals surface area contributed by atoms with E-state index >= 15 is 0 Å². The van der Waals surface area contributed by atoms with Crippen LogP contribution in [-0.4, -0.2) is 38.8 Å². The highest BCUT2D eigenvalue weighted by molar-refractivity contribution is 6.35. The van der Waals surface area contributed by atoms with Crippen molar-refractivity contribution in [3.8, 4) is 0 Å². The number of carbonyl (C=O) groups excluding carboxylic acids is 1. The fourth-order valence-electron chi connectivity index (χ4n) is 3.39. The second kappa shape index (κ2) is 7.92. The van der Waals surface area contributed by atoms with Crippen molar-refractivity contribution in [3.05, 3.63) is 46.2 Å². The summed E-state index contributed by atoms with van der Waals surface area (Å²) in [4.78, 5) is 14.5. The zero-order chi connectivity index (χ0) is 21.5. The van der Waals surface area contributed by atoms with E-state index in [2.05, 4.69) is 20.6 Å². The number of hydrogen-bond donors (Lipinski definition) is 1. The molecule has 2 aromatic heterocycles. The van der Waals surface area contributed by atoms with Crippen molar-refractivity contribution in [2.75, 3.05) is 23.3 Å². The summed E-state index contributed by atoms with van der Waals surface area (Å²) in [6.07, 6.45) is -3.35. The number of nitrogens with one attached hydrogen (secondary N) is 1. The number of nitrogens with zero attached hydrogens (tertiary/aromatic N) is 5. The van der Waals surface area contributed by atoms with Crippen LogP contribution in [0.15, 0.2) is 30.3 Å². The number of benzene rings is 1. The van der Waals surface area contributed by atoms with E-state index < -0.39 is 12.0 Å². The van der Waals surface area contributed by atoms with E-state index in [4.69, 9.17) is 23.2 Å². The van der Waals surface area contributed by atoms with Gasteiger partial charge in [-0.05, 0) is 43.2 Å². The highest BCUT2D eigenvalue weighted by Crippen LogP contribution is 2.29. The fraction of sp³-hybridized carbons (Fsp3) is 0.333. The molecule has 158 valence electrons. The Bertz CT molecular complexity index is 1080. The van der Waals surface area contributed by atoms with Gasteiger partial charge < -0.3 is 10.2 Å². The summed E-state index contributed by atoms with van der Waals surface area (Å²) in [5.41, 5.74) is 0.476. The Kier molecular flexibility index (Phi) is 5.46. The van der Waals surface area contributed by atoms with Gasteiger partial charge in [-0.3, -0.25) is 4.79 Å². The van der Waals surface area contributed by atoms with E-state index in [-0.39, 0.29) is 17.5 Å². The maximum Gasteiger partial charge on any atom is 0.453 e. The lowest BCUT2D eigenvalue weighted by atomic mass is 9.97. The van der Waals surface area contributed by atoms with Gasteiger partial charge in [0.2, 0.25) is 5.91 Å². The number of rotatable bonds is 3. The Hall–Kier alpha value is -2.59. The van der Waals surface area contributed by atoms with Gasteiger partial charge in [0.25, 0.3) is 5.82 Å². The van der Waals surface area contributed by atoms with E-state index in [9.17, 15) is 18.0 Å². The molecule has 0 aliphatic carbocycles. The van der Waals surface area contributed by atoms with Gasteiger partial charge >= 0.3 is 6.18 Å². The molecule has 0 radical (unpaired) electrons. The second-order valence-corrected chi connectivity index (χ2v) is 7.79. The van der Waals surface area contributed by atoms with Gasteiger partial charge in [0.05, 0.1) is 5.92 Å². The first-order chi connectivity index (χ1) is 14.2. The number of alkyl halides is 3. The van der Waals surface area contributed by atoms with Crippen LogP contribution in [0.2, 0.25) is 10.0 Å². The molecule has 1 aliphatic heterocycles. The van der Waals surface area contributed by atoms with E-state index in [1.165, 1.54) is 6.07 Å². The second-order valence-electron chi connectivity index (χ2n) is 6.92. The summed E-state index contributed by atoms with van der Waals surface area (Å²) in [7, 11) is 0. The Morgan fingerprint density at radius 1 is 1.13 bits per heavy atom. The lowest BCUT2D eigenvalue weighted by molar-refractivity contribution is -0.146. The number of carbonyl (C=O) groups is 1. The molecule has 1 amide bonds. The highest BCUT2D eigenvalue weighted by Gasteiger charge is 2.38. The minimum Gasteiger partial charge on any atom is -0.354 e. The topological polar surface area (TPSA) is 75.4 Å². The van der Waals surface area contributed by atoms with E-state index in [0.717, 1.165) is 0 Å². The Morgan fingerprint density at radius 3 is 2.57 bits per heavy atom. The summed E-state index contributed by atoms with van der Waals surface area (Å²) in [6, 6.07) is 7.73. The van der Waals surface area contributed by atoms with Crippen molar-refractivity contribution >= 4 is 46.3 Å². The summed E-state index contributed by atoms with van der Waals surface area (Å²) < 4.78 is 40.0. The number of hydrogen-bond acceptors (Lipinski definition) is 5. The molecule has 1 fully saturated rings. The number of piperidine rings is 1. The molecule has 0 bridgehead atoms. The monoisotopic (exact) mass is 458 g/mol. The van der Waals surface area contributed by atoms with Gasteiger partial charge in [-0.15, -0.1) is 15.3 Å². The Labute approximate surface area is 178 Å². The van der Waals surface area contributed by atoms with Crippen molar-refractivity contribution in [1.82, 2.24) is 19.8 Å². The average molecular weight is 459 g/mol. The maximum absolute atomic E-state index is 13.1. The molecule has 12 heteroatoms. The molecule has 1 atom stereocenters. The van der Waals surface area contributed by atoms with E-state index in [1.807, 2.05) is 0 Å². The number of amides is 1. The summed E-state index contributed by atoms with van der Waals surface area (Å²) >= 11 is 11.9. The SMILES string of the molecule is O=C(Nc1cc(Cl)cc(Cl)c1)C1CCCN(c2ccc3nnc(C(F)(F)F)n3n2)C1. The van der Waals surface area contributed by atoms with Crippen LogP contribution in [0, 0.1) is 5.92 Å². The zero-order valence-corrected chi connectivity index (χ0v) is 16.8. The molecule has 3 heterocycles. The quantitative estimate of drug-likeness (QED) is 0.632. The first kappa shape index (κ1) is 20.7. The number of anilines is 2. The first-order valence-electron chi connectivity index (χ1n) is 9.02. The third kappa shape index (κ3) is 4.29. The van der Waals surface area contributed by atoms with Crippen LogP contribution in [0.5, 0.6) is 0 Å². The van der Waals surface area contributed by atoms with Gasteiger partial charge in [0, 0.05) is 28.8 Å². The maximum atomic E-state index is 13.1. The number of halogens is 5. The lowest BCUT2D eigenvalue weighted by Gasteiger charge is -2.32. The van der Waals surface area contributed by atoms with Crippen LogP contribution in [-0.2, 0) is 11.0 Å². The summed E-state index contributed by atoms with van der Waals surface area (Å²) in [6.45, 7) is 0.872. The molecule has 1 aliphatic rings. The zero-order valence-electron chi connectivity index (χ0n) is 15.3. The van der Waals surface area contributed by atoms with E-state index in [1.54, 1.807) is 29.2 Å². The van der Waals surface area contributed by atoms with Crippen LogP contribution in [0.25, 0.3) is 5.65 Å². The van der Waals surface area contributed by atoms with Gasteiger partial charge in [0.1, 0.15) is 5.82 Å². The predicted octanol–water partition coefficient (Wildman–Crippen LogP) is 4.31. The van der Waals surface area contributed by atoms with Crippen LogP contribution in [0.1, 0.15) is 18.7 Å². The molecule has 0 saturated carbocycles. The predicted molar refractivity (Wildman–Crippen MR) is 106 cm³/mol. The number of aromatic nitrogens is 4. The fourth-order valence-corrected chi connectivity index (χ4v) is 3.92. The molecule has 4 rings (SSSR count). The smallest absolute Gasteiger partial charge is 0.354 e. The van der Waals surface area contributed by atoms with Gasteiger partial charge in [-0.25, -0.2) is 0 Å². The third-order valence-corrected chi connectivity index (χ3v) is 5.18. The molecule has 1 unspecified atom stereocenters. The molecular formula is C18H15Cl2F3N6O. The van der Waals surface area contributed by atoms with Crippen molar-refractivity contribution in [2.24, 2.45) is 5.92 Å². The molecular weight excluding hydrogens is 444 g/mol. The normalized spacial score (nSPS) is 17.4. The Morgan fingerprint density at radius 2 is 1.87 bits per heavy atom. The molecule has 1 saturated heterocycles. The highest BCUT2D eigenvalue weighted by atomic mass is 35.5. The van der Waals surface area contributed by atoms with Crippen LogP contribution >= 0.6 is 23.2 Å². The van der Waals surface area contributed by atoms with Crippen molar-refractivity contribution in [2.45, 2.75) is 19.0 Å². The van der Waals surface area contributed by atoms with Crippen LogP contribution in [0.4, 0.5) is 24.7 Å². The minimum absolute atomic E-state index is 0.00443. The largest absolute Gasteiger partial charge is 0.453 e. The molecule has 0 spiro atoms. The molecule has 30 heavy (non-hydrogen) atoms. The van der Waals surface area contributed by atoms with Crippen LogP contribution in [0.3, 0.4) is 0 Å². The van der Waals surface area contributed by atoms with E-state index in [0.29, 0.717) is 52.0 Å². The van der Waals surface area contributed by atoms with Crippen molar-refractivity contribution in [3.63, 3.8) is 0 Å².